The fourth-order valence-corrected chi connectivity index (χ4v) is 2.84. The van der Waals surface area contributed by atoms with Crippen molar-refractivity contribution >= 4 is 5.97 Å². The van der Waals surface area contributed by atoms with Gasteiger partial charge in [0.2, 0.25) is 0 Å². The van der Waals surface area contributed by atoms with Crippen molar-refractivity contribution in [1.29, 1.82) is 0 Å². The van der Waals surface area contributed by atoms with Crippen LogP contribution in [0.4, 0.5) is 0 Å². The predicted molar refractivity (Wildman–Crippen MR) is 82.1 cm³/mol. The van der Waals surface area contributed by atoms with Crippen LogP contribution in [0, 0.1) is 5.92 Å². The van der Waals surface area contributed by atoms with Crippen molar-refractivity contribution < 1.29 is 9.90 Å². The van der Waals surface area contributed by atoms with Gasteiger partial charge in [0.25, 0.3) is 0 Å². The lowest BCUT2D eigenvalue weighted by molar-refractivity contribution is -0.139. The zero-order valence-corrected chi connectivity index (χ0v) is 11.8. The number of carbonyl (C=O) groups is 1. The first kappa shape index (κ1) is 13.8. The lowest BCUT2D eigenvalue weighted by Gasteiger charge is -2.14. The Balaban J connectivity index is 1.58. The second kappa shape index (κ2) is 6.10. The van der Waals surface area contributed by atoms with E-state index in [2.05, 4.69) is 29.6 Å². The van der Waals surface area contributed by atoms with E-state index in [1.54, 1.807) is 0 Å². The Morgan fingerprint density at radius 2 is 1.71 bits per heavy atom. The van der Waals surface area contributed by atoms with Crippen LogP contribution in [0.15, 0.2) is 60.7 Å². The predicted octanol–water partition coefficient (Wildman–Crippen LogP) is 3.21. The van der Waals surface area contributed by atoms with E-state index >= 15 is 0 Å². The Kier molecular flexibility index (Phi) is 4.02. The van der Waals surface area contributed by atoms with E-state index in [0.29, 0.717) is 11.8 Å². The maximum Gasteiger partial charge on any atom is 0.325 e. The molecule has 0 aliphatic heterocycles. The normalized spacial score (nSPS) is 21.7. The molecule has 0 saturated heterocycles. The molecule has 1 aliphatic carbocycles. The molecule has 1 fully saturated rings. The van der Waals surface area contributed by atoms with Gasteiger partial charge in [0.1, 0.15) is 6.04 Å². The van der Waals surface area contributed by atoms with Gasteiger partial charge in [0, 0.05) is 0 Å². The maximum atomic E-state index is 11.4. The number of hydrogen-bond donors (Lipinski definition) is 2. The molecule has 0 unspecified atom stereocenters. The van der Waals surface area contributed by atoms with Crippen LogP contribution in [0.3, 0.4) is 0 Å². The molecule has 2 aromatic rings. The summed E-state index contributed by atoms with van der Waals surface area (Å²) in [6.45, 7) is 0.741. The molecule has 3 atom stereocenters. The molecule has 2 aromatic carbocycles. The van der Waals surface area contributed by atoms with Crippen molar-refractivity contribution in [2.24, 2.45) is 5.92 Å². The van der Waals surface area contributed by atoms with Gasteiger partial charge in [-0.2, -0.15) is 0 Å². The molecule has 3 nitrogen and oxygen atoms in total. The van der Waals surface area contributed by atoms with Crippen LogP contribution >= 0.6 is 0 Å². The van der Waals surface area contributed by atoms with Gasteiger partial charge < -0.3 is 10.4 Å². The smallest absolute Gasteiger partial charge is 0.325 e. The molecule has 3 heteroatoms. The molecule has 0 spiro atoms. The zero-order chi connectivity index (χ0) is 14.7. The Labute approximate surface area is 124 Å². The Bertz CT molecular complexity index is 597. The van der Waals surface area contributed by atoms with Crippen LogP contribution in [0.5, 0.6) is 0 Å². The third-order valence-corrected chi connectivity index (χ3v) is 4.11. The molecule has 0 amide bonds. The van der Waals surface area contributed by atoms with E-state index in [1.807, 2.05) is 36.4 Å². The minimum Gasteiger partial charge on any atom is -0.480 e. The summed E-state index contributed by atoms with van der Waals surface area (Å²) in [5, 5.41) is 12.6. The average molecular weight is 281 g/mol. The highest BCUT2D eigenvalue weighted by atomic mass is 16.4. The fourth-order valence-electron chi connectivity index (χ4n) is 2.84. The number of carboxylic acid groups (broad SMARTS) is 1. The topological polar surface area (TPSA) is 49.3 Å². The van der Waals surface area contributed by atoms with Gasteiger partial charge in [0.15, 0.2) is 0 Å². The minimum atomic E-state index is -0.821. The summed E-state index contributed by atoms with van der Waals surface area (Å²) in [5.74, 6) is 0.292. The number of hydrogen-bond acceptors (Lipinski definition) is 2. The van der Waals surface area contributed by atoms with Crippen molar-refractivity contribution in [1.82, 2.24) is 5.32 Å². The van der Waals surface area contributed by atoms with E-state index in [0.717, 1.165) is 18.5 Å². The quantitative estimate of drug-likeness (QED) is 0.855. The average Bonchev–Trinajstić information content (AvgIpc) is 3.29. The van der Waals surface area contributed by atoms with E-state index in [9.17, 15) is 9.90 Å². The molecule has 0 aromatic heterocycles. The first-order chi connectivity index (χ1) is 10.3. The standard InChI is InChI=1S/C18H19NO2/c20-18(21)17(14-9-5-2-6-10-14)19-12-15-11-16(15)13-7-3-1-4-8-13/h1-10,15-17,19H,11-12H2,(H,20,21)/t15-,16-,17+/m0/s1. The van der Waals surface area contributed by atoms with Gasteiger partial charge in [-0.3, -0.25) is 4.79 Å². The van der Waals surface area contributed by atoms with Crippen LogP contribution in [-0.4, -0.2) is 17.6 Å². The largest absolute Gasteiger partial charge is 0.480 e. The molecule has 1 saturated carbocycles. The van der Waals surface area contributed by atoms with Crippen molar-refractivity contribution in [3.8, 4) is 0 Å². The van der Waals surface area contributed by atoms with Gasteiger partial charge in [-0.05, 0) is 35.9 Å². The van der Waals surface area contributed by atoms with Crippen LogP contribution in [0.2, 0.25) is 0 Å². The van der Waals surface area contributed by atoms with E-state index in [4.69, 9.17) is 0 Å². The highest BCUT2D eigenvalue weighted by Crippen LogP contribution is 2.47. The molecule has 0 heterocycles. The summed E-state index contributed by atoms with van der Waals surface area (Å²) in [7, 11) is 0. The molecule has 0 bridgehead atoms. The maximum absolute atomic E-state index is 11.4. The van der Waals surface area contributed by atoms with Crippen LogP contribution in [0.1, 0.15) is 29.5 Å². The molecule has 21 heavy (non-hydrogen) atoms. The third-order valence-electron chi connectivity index (χ3n) is 4.11. The highest BCUT2D eigenvalue weighted by Gasteiger charge is 2.38. The monoisotopic (exact) mass is 281 g/mol. The van der Waals surface area contributed by atoms with Gasteiger partial charge in [-0.1, -0.05) is 60.7 Å². The Morgan fingerprint density at radius 3 is 2.33 bits per heavy atom. The lowest BCUT2D eigenvalue weighted by Crippen LogP contribution is -2.30. The van der Waals surface area contributed by atoms with Crippen LogP contribution < -0.4 is 5.32 Å². The number of benzene rings is 2. The number of rotatable bonds is 6. The first-order valence-corrected chi connectivity index (χ1v) is 7.32. The van der Waals surface area contributed by atoms with Gasteiger partial charge in [-0.15, -0.1) is 0 Å². The van der Waals surface area contributed by atoms with Crippen molar-refractivity contribution in [3.05, 3.63) is 71.8 Å². The van der Waals surface area contributed by atoms with Crippen LogP contribution in [-0.2, 0) is 4.79 Å². The van der Waals surface area contributed by atoms with Gasteiger partial charge >= 0.3 is 5.97 Å². The summed E-state index contributed by atoms with van der Waals surface area (Å²) < 4.78 is 0. The first-order valence-electron chi connectivity index (χ1n) is 7.32. The van der Waals surface area contributed by atoms with E-state index < -0.39 is 12.0 Å². The molecule has 108 valence electrons. The van der Waals surface area contributed by atoms with Crippen molar-refractivity contribution in [2.75, 3.05) is 6.54 Å². The van der Waals surface area contributed by atoms with Crippen molar-refractivity contribution in [3.63, 3.8) is 0 Å². The zero-order valence-electron chi connectivity index (χ0n) is 11.8. The fraction of sp³-hybridized carbons (Fsp3) is 0.278. The molecule has 2 N–H and O–H groups in total. The Hall–Kier alpha value is -2.13. The Morgan fingerprint density at radius 1 is 1.10 bits per heavy atom. The van der Waals surface area contributed by atoms with Crippen LogP contribution in [0.25, 0.3) is 0 Å². The molecule has 1 aliphatic rings. The summed E-state index contributed by atoms with van der Waals surface area (Å²) >= 11 is 0. The van der Waals surface area contributed by atoms with E-state index in [-0.39, 0.29) is 0 Å². The van der Waals surface area contributed by atoms with Crippen molar-refractivity contribution in [2.45, 2.75) is 18.4 Å². The summed E-state index contributed by atoms with van der Waals surface area (Å²) in [4.78, 5) is 11.4. The van der Waals surface area contributed by atoms with E-state index in [1.165, 1.54) is 5.56 Å². The minimum absolute atomic E-state index is 0.540. The molecule has 3 rings (SSSR count). The van der Waals surface area contributed by atoms with Gasteiger partial charge in [-0.25, -0.2) is 0 Å². The number of nitrogens with one attached hydrogen (secondary N) is 1. The lowest BCUT2D eigenvalue weighted by atomic mass is 10.1. The second-order valence-electron chi connectivity index (χ2n) is 5.60. The molecule has 0 radical (unpaired) electrons. The number of carboxylic acids is 1. The molecular weight excluding hydrogens is 262 g/mol. The summed E-state index contributed by atoms with van der Waals surface area (Å²) in [6, 6.07) is 19.2. The number of aliphatic carboxylic acids is 1. The highest BCUT2D eigenvalue weighted by molar-refractivity contribution is 5.75. The van der Waals surface area contributed by atoms with Gasteiger partial charge in [0.05, 0.1) is 0 Å². The molecular formula is C18H19NO2. The SMILES string of the molecule is O=C(O)[C@H](NC[C@@H]1C[C@H]1c1ccccc1)c1ccccc1. The third kappa shape index (κ3) is 3.31. The summed E-state index contributed by atoms with van der Waals surface area (Å²) in [6.07, 6.45) is 1.14. The second-order valence-corrected chi connectivity index (χ2v) is 5.60. The summed E-state index contributed by atoms with van der Waals surface area (Å²) in [5.41, 5.74) is 2.16.